The van der Waals surface area contributed by atoms with Crippen molar-refractivity contribution in [2.24, 2.45) is 0 Å². The quantitative estimate of drug-likeness (QED) is 0.634. The average molecular weight is 303 g/mol. The molecule has 0 saturated carbocycles. The van der Waals surface area contributed by atoms with E-state index in [1.54, 1.807) is 19.9 Å². The number of nitrogens with two attached hydrogens (primary N) is 1. The summed E-state index contributed by atoms with van der Waals surface area (Å²) in [5.41, 5.74) is 8.36. The number of hydrogen-bond acceptors (Lipinski definition) is 4. The SMILES string of the molecule is C=C(C=C(F)C(=C)OC(C)C)C(=CC)c1c(C)ncnc1N. The molecular formula is C17H22FN3O. The van der Waals surface area contributed by atoms with Crippen molar-refractivity contribution in [2.45, 2.75) is 33.8 Å². The summed E-state index contributed by atoms with van der Waals surface area (Å²) in [6.07, 6.45) is 4.30. The molecule has 0 aliphatic heterocycles. The standard InChI is InChI=1S/C17H22FN3O/c1-7-14(16-12(5)20-9-21-17(16)19)11(4)8-15(18)13(6)22-10(2)3/h7-10H,4,6H2,1-3,5H3,(H2,19,20,21). The lowest BCUT2D eigenvalue weighted by molar-refractivity contribution is 0.147. The number of hydrogen-bond donors (Lipinski definition) is 1. The Bertz CT molecular complexity index is 625. The second-order valence-corrected chi connectivity index (χ2v) is 5.03. The van der Waals surface area contributed by atoms with Crippen molar-refractivity contribution in [3.63, 3.8) is 0 Å². The Hall–Kier alpha value is -2.43. The Labute approximate surface area is 130 Å². The molecule has 5 heteroatoms. The average Bonchev–Trinajstić information content (AvgIpc) is 2.41. The van der Waals surface area contributed by atoms with Gasteiger partial charge in [-0.1, -0.05) is 19.2 Å². The third-order valence-corrected chi connectivity index (χ3v) is 2.92. The lowest BCUT2D eigenvalue weighted by atomic mass is 9.97. The summed E-state index contributed by atoms with van der Waals surface area (Å²) in [4.78, 5) is 8.09. The van der Waals surface area contributed by atoms with Gasteiger partial charge in [-0.3, -0.25) is 0 Å². The molecule has 0 unspecified atom stereocenters. The van der Waals surface area contributed by atoms with E-state index in [1.807, 2.05) is 13.8 Å². The smallest absolute Gasteiger partial charge is 0.165 e. The molecule has 0 amide bonds. The molecule has 4 nitrogen and oxygen atoms in total. The van der Waals surface area contributed by atoms with Crippen molar-refractivity contribution >= 4 is 11.4 Å². The number of rotatable bonds is 6. The van der Waals surface area contributed by atoms with E-state index in [0.29, 0.717) is 28.2 Å². The molecule has 22 heavy (non-hydrogen) atoms. The Morgan fingerprint density at radius 1 is 1.36 bits per heavy atom. The zero-order chi connectivity index (χ0) is 16.9. The Morgan fingerprint density at radius 3 is 2.50 bits per heavy atom. The van der Waals surface area contributed by atoms with Gasteiger partial charge in [-0.05, 0) is 44.9 Å². The molecule has 0 saturated heterocycles. The number of anilines is 1. The normalized spacial score (nSPS) is 12.5. The van der Waals surface area contributed by atoms with Crippen molar-refractivity contribution in [3.8, 4) is 0 Å². The minimum Gasteiger partial charge on any atom is -0.489 e. The van der Waals surface area contributed by atoms with E-state index in [2.05, 4.69) is 23.1 Å². The summed E-state index contributed by atoms with van der Waals surface area (Å²) in [6.45, 7) is 14.7. The van der Waals surface area contributed by atoms with Crippen molar-refractivity contribution < 1.29 is 9.13 Å². The molecule has 0 aliphatic rings. The van der Waals surface area contributed by atoms with E-state index in [4.69, 9.17) is 10.5 Å². The molecule has 118 valence electrons. The molecule has 1 aromatic rings. The Kier molecular flexibility index (Phi) is 6.04. The van der Waals surface area contributed by atoms with Crippen molar-refractivity contribution in [1.82, 2.24) is 9.97 Å². The van der Waals surface area contributed by atoms with Crippen LogP contribution in [0.25, 0.3) is 5.57 Å². The number of nitrogens with zero attached hydrogens (tertiary/aromatic N) is 2. The molecule has 1 aromatic heterocycles. The fourth-order valence-corrected chi connectivity index (χ4v) is 1.97. The highest BCUT2D eigenvalue weighted by atomic mass is 19.1. The van der Waals surface area contributed by atoms with Gasteiger partial charge < -0.3 is 10.5 Å². The van der Waals surface area contributed by atoms with E-state index < -0.39 is 5.83 Å². The van der Waals surface area contributed by atoms with E-state index in [9.17, 15) is 4.39 Å². The lowest BCUT2D eigenvalue weighted by Gasteiger charge is -2.14. The second kappa shape index (κ2) is 7.54. The third kappa shape index (κ3) is 4.28. The maximum absolute atomic E-state index is 14.1. The fourth-order valence-electron chi connectivity index (χ4n) is 1.97. The van der Waals surface area contributed by atoms with Crippen LogP contribution in [0.15, 0.2) is 48.8 Å². The lowest BCUT2D eigenvalue weighted by Crippen LogP contribution is -2.04. The minimum absolute atomic E-state index is 0.0272. The largest absolute Gasteiger partial charge is 0.489 e. The molecular weight excluding hydrogens is 281 g/mol. The first-order valence-electron chi connectivity index (χ1n) is 6.94. The van der Waals surface area contributed by atoms with Crippen LogP contribution in [0.4, 0.5) is 10.2 Å². The maximum atomic E-state index is 14.1. The van der Waals surface area contributed by atoms with Crippen molar-refractivity contribution in [2.75, 3.05) is 5.73 Å². The van der Waals surface area contributed by atoms with E-state index in [1.165, 1.54) is 12.4 Å². The number of ether oxygens (including phenoxy) is 1. The van der Waals surface area contributed by atoms with Crippen LogP contribution in [0.1, 0.15) is 32.0 Å². The van der Waals surface area contributed by atoms with Crippen LogP contribution in [-0.4, -0.2) is 16.1 Å². The van der Waals surface area contributed by atoms with Crippen LogP contribution in [0.5, 0.6) is 0 Å². The predicted octanol–water partition coefficient (Wildman–Crippen LogP) is 4.12. The molecule has 0 spiro atoms. The topological polar surface area (TPSA) is 61.0 Å². The number of aryl methyl sites for hydroxylation is 1. The van der Waals surface area contributed by atoms with E-state index in [-0.39, 0.29) is 11.9 Å². The molecule has 0 aliphatic carbocycles. The van der Waals surface area contributed by atoms with Gasteiger partial charge in [0.15, 0.2) is 5.83 Å². The number of halogens is 1. The van der Waals surface area contributed by atoms with Gasteiger partial charge in [0.05, 0.1) is 11.8 Å². The monoisotopic (exact) mass is 303 g/mol. The minimum atomic E-state index is -0.578. The van der Waals surface area contributed by atoms with E-state index in [0.717, 1.165) is 0 Å². The summed E-state index contributed by atoms with van der Waals surface area (Å²) >= 11 is 0. The Morgan fingerprint density at radius 2 is 2.00 bits per heavy atom. The summed E-state index contributed by atoms with van der Waals surface area (Å²) in [5.74, 6) is -0.278. The summed E-state index contributed by atoms with van der Waals surface area (Å²) in [5, 5.41) is 0. The van der Waals surface area contributed by atoms with E-state index >= 15 is 0 Å². The van der Waals surface area contributed by atoms with Gasteiger partial charge >= 0.3 is 0 Å². The molecule has 0 radical (unpaired) electrons. The van der Waals surface area contributed by atoms with Gasteiger partial charge in [0.2, 0.25) is 0 Å². The van der Waals surface area contributed by atoms with Crippen LogP contribution in [0, 0.1) is 6.92 Å². The third-order valence-electron chi connectivity index (χ3n) is 2.92. The number of nitrogen functional groups attached to an aromatic ring is 1. The molecule has 0 bridgehead atoms. The highest BCUT2D eigenvalue weighted by Gasteiger charge is 2.14. The molecule has 1 heterocycles. The van der Waals surface area contributed by atoms with Crippen molar-refractivity contribution in [3.05, 3.63) is 60.1 Å². The van der Waals surface area contributed by atoms with Crippen molar-refractivity contribution in [1.29, 1.82) is 0 Å². The zero-order valence-corrected chi connectivity index (χ0v) is 13.5. The molecule has 1 rings (SSSR count). The Balaban J connectivity index is 3.12. The summed E-state index contributed by atoms with van der Waals surface area (Å²) < 4.78 is 19.3. The maximum Gasteiger partial charge on any atom is 0.165 e. The molecule has 2 N–H and O–H groups in total. The van der Waals surface area contributed by atoms with Gasteiger partial charge in [0.1, 0.15) is 17.9 Å². The highest BCUT2D eigenvalue weighted by Crippen LogP contribution is 2.30. The first-order valence-corrected chi connectivity index (χ1v) is 6.94. The van der Waals surface area contributed by atoms with Gasteiger partial charge in [-0.25, -0.2) is 14.4 Å². The van der Waals surface area contributed by atoms with Crippen LogP contribution in [0.3, 0.4) is 0 Å². The van der Waals surface area contributed by atoms with Gasteiger partial charge in [0.25, 0.3) is 0 Å². The number of allylic oxidation sites excluding steroid dienone is 5. The van der Waals surface area contributed by atoms with Crippen LogP contribution in [0.2, 0.25) is 0 Å². The van der Waals surface area contributed by atoms with Crippen LogP contribution < -0.4 is 5.73 Å². The predicted molar refractivity (Wildman–Crippen MR) is 88.5 cm³/mol. The summed E-state index contributed by atoms with van der Waals surface area (Å²) in [7, 11) is 0. The first-order chi connectivity index (χ1) is 10.3. The van der Waals surface area contributed by atoms with Crippen LogP contribution in [-0.2, 0) is 4.74 Å². The van der Waals surface area contributed by atoms with Gasteiger partial charge in [-0.2, -0.15) is 0 Å². The molecule has 0 aromatic carbocycles. The summed E-state index contributed by atoms with van der Waals surface area (Å²) in [6, 6.07) is 0. The zero-order valence-electron chi connectivity index (χ0n) is 13.5. The second-order valence-electron chi connectivity index (χ2n) is 5.03. The number of aromatic nitrogens is 2. The van der Waals surface area contributed by atoms with Gasteiger partial charge in [-0.15, -0.1) is 0 Å². The first kappa shape index (κ1) is 17.6. The fraction of sp³-hybridized carbons (Fsp3) is 0.294. The highest BCUT2D eigenvalue weighted by molar-refractivity contribution is 5.86. The van der Waals surface area contributed by atoms with Gasteiger partial charge in [0, 0.05) is 5.56 Å². The molecule has 0 fully saturated rings. The molecule has 0 atom stereocenters. The van der Waals surface area contributed by atoms with Crippen LogP contribution >= 0.6 is 0 Å².